The molecule has 0 saturated heterocycles. The zero-order valence-corrected chi connectivity index (χ0v) is 10.3. The Bertz CT molecular complexity index is 311. The minimum Gasteiger partial charge on any atom is -0.383 e. The number of nitrogen functional groups attached to an aromatic ring is 1. The van der Waals surface area contributed by atoms with Crippen LogP contribution in [0.3, 0.4) is 0 Å². The number of ether oxygens (including phenoxy) is 1. The number of nitrogens with two attached hydrogens (primary N) is 1. The first-order valence-electron chi connectivity index (χ1n) is 4.65. The third-order valence-electron chi connectivity index (χ3n) is 2.03. The van der Waals surface area contributed by atoms with Gasteiger partial charge in [0.1, 0.15) is 5.82 Å². The maximum Gasteiger partial charge on any atom is 0.136 e. The van der Waals surface area contributed by atoms with Crippen molar-refractivity contribution in [1.29, 1.82) is 0 Å². The number of nitrogens with zero attached hydrogens (tertiary/aromatic N) is 2. The molecule has 0 bridgehead atoms. The first kappa shape index (κ1) is 11.5. The van der Waals surface area contributed by atoms with Crippen LogP contribution in [0.1, 0.15) is 25.6 Å². The second-order valence-electron chi connectivity index (χ2n) is 3.24. The van der Waals surface area contributed by atoms with E-state index < -0.39 is 0 Å². The van der Waals surface area contributed by atoms with Gasteiger partial charge in [0, 0.05) is 6.61 Å². The molecule has 0 spiro atoms. The van der Waals surface area contributed by atoms with Gasteiger partial charge < -0.3 is 10.5 Å². The van der Waals surface area contributed by atoms with Gasteiger partial charge in [-0.15, -0.1) is 0 Å². The summed E-state index contributed by atoms with van der Waals surface area (Å²) in [7, 11) is 0. The standard InChI is InChI=1S/C9H16BrN3O/c1-4-14-5-6(2)13-9(11)8(10)7(3)12-13/h6H,4-5,11H2,1-3H3. The van der Waals surface area contributed by atoms with Crippen molar-refractivity contribution < 1.29 is 4.74 Å². The predicted molar refractivity (Wildman–Crippen MR) is 60.3 cm³/mol. The van der Waals surface area contributed by atoms with Gasteiger partial charge in [-0.1, -0.05) is 0 Å². The summed E-state index contributed by atoms with van der Waals surface area (Å²) in [6.07, 6.45) is 0. The van der Waals surface area contributed by atoms with Crippen molar-refractivity contribution in [2.75, 3.05) is 18.9 Å². The van der Waals surface area contributed by atoms with Crippen molar-refractivity contribution in [3.63, 3.8) is 0 Å². The first-order valence-corrected chi connectivity index (χ1v) is 5.45. The van der Waals surface area contributed by atoms with Crippen molar-refractivity contribution in [3.05, 3.63) is 10.2 Å². The van der Waals surface area contributed by atoms with Crippen LogP contribution in [0.25, 0.3) is 0 Å². The normalized spacial score (nSPS) is 13.1. The molecule has 4 nitrogen and oxygen atoms in total. The second-order valence-corrected chi connectivity index (χ2v) is 4.03. The lowest BCUT2D eigenvalue weighted by Crippen LogP contribution is -2.15. The number of aryl methyl sites for hydroxylation is 1. The molecular formula is C9H16BrN3O. The van der Waals surface area contributed by atoms with Crippen LogP contribution in [-0.2, 0) is 4.74 Å². The summed E-state index contributed by atoms with van der Waals surface area (Å²) in [5.41, 5.74) is 6.78. The minimum absolute atomic E-state index is 0.167. The molecular weight excluding hydrogens is 246 g/mol. The molecule has 1 rings (SSSR count). The molecule has 0 aliphatic carbocycles. The summed E-state index contributed by atoms with van der Waals surface area (Å²) in [5.74, 6) is 0.662. The lowest BCUT2D eigenvalue weighted by atomic mass is 10.4. The summed E-state index contributed by atoms with van der Waals surface area (Å²) < 4.78 is 7.98. The average molecular weight is 262 g/mol. The van der Waals surface area contributed by atoms with E-state index in [1.54, 1.807) is 4.68 Å². The number of hydrogen-bond acceptors (Lipinski definition) is 3. The molecule has 0 fully saturated rings. The molecule has 0 aromatic carbocycles. The van der Waals surface area contributed by atoms with E-state index in [0.717, 1.165) is 10.2 Å². The number of anilines is 1. The van der Waals surface area contributed by atoms with Crippen LogP contribution in [0.5, 0.6) is 0 Å². The maximum atomic E-state index is 5.87. The summed E-state index contributed by atoms with van der Waals surface area (Å²) >= 11 is 3.39. The van der Waals surface area contributed by atoms with E-state index in [-0.39, 0.29) is 6.04 Å². The highest BCUT2D eigenvalue weighted by Gasteiger charge is 2.14. The Labute approximate surface area is 92.5 Å². The Kier molecular flexibility index (Phi) is 3.95. The smallest absolute Gasteiger partial charge is 0.136 e. The van der Waals surface area contributed by atoms with Crippen LogP contribution in [0.15, 0.2) is 4.47 Å². The van der Waals surface area contributed by atoms with E-state index in [4.69, 9.17) is 10.5 Å². The lowest BCUT2D eigenvalue weighted by molar-refractivity contribution is 0.115. The zero-order chi connectivity index (χ0) is 10.7. The van der Waals surface area contributed by atoms with Crippen molar-refractivity contribution in [2.24, 2.45) is 0 Å². The van der Waals surface area contributed by atoms with Crippen LogP contribution in [-0.4, -0.2) is 23.0 Å². The summed E-state index contributed by atoms with van der Waals surface area (Å²) in [6, 6.07) is 0.167. The molecule has 14 heavy (non-hydrogen) atoms. The number of halogens is 1. The molecule has 1 unspecified atom stereocenters. The van der Waals surface area contributed by atoms with E-state index in [9.17, 15) is 0 Å². The third kappa shape index (κ3) is 2.27. The Balaban J connectivity index is 2.79. The summed E-state index contributed by atoms with van der Waals surface area (Å²) in [5, 5.41) is 4.33. The van der Waals surface area contributed by atoms with Gasteiger partial charge >= 0.3 is 0 Å². The van der Waals surface area contributed by atoms with E-state index in [2.05, 4.69) is 21.0 Å². The fraction of sp³-hybridized carbons (Fsp3) is 0.667. The van der Waals surface area contributed by atoms with Gasteiger partial charge in [-0.3, -0.25) is 0 Å². The molecule has 0 radical (unpaired) electrons. The molecule has 0 aliphatic heterocycles. The quantitative estimate of drug-likeness (QED) is 0.904. The molecule has 0 aliphatic rings. The van der Waals surface area contributed by atoms with Crippen LogP contribution in [0.2, 0.25) is 0 Å². The zero-order valence-electron chi connectivity index (χ0n) is 8.75. The number of rotatable bonds is 4. The second kappa shape index (κ2) is 4.79. The summed E-state index contributed by atoms with van der Waals surface area (Å²) in [6.45, 7) is 7.27. The highest BCUT2D eigenvalue weighted by Crippen LogP contribution is 2.25. The van der Waals surface area contributed by atoms with Crippen LogP contribution in [0, 0.1) is 6.92 Å². The molecule has 2 N–H and O–H groups in total. The van der Waals surface area contributed by atoms with E-state index >= 15 is 0 Å². The van der Waals surface area contributed by atoms with Crippen LogP contribution in [0.4, 0.5) is 5.82 Å². The van der Waals surface area contributed by atoms with Crippen molar-refractivity contribution >= 4 is 21.7 Å². The molecule has 0 saturated carbocycles. The van der Waals surface area contributed by atoms with Gasteiger partial charge in [-0.2, -0.15) is 5.10 Å². The maximum absolute atomic E-state index is 5.87. The predicted octanol–water partition coefficient (Wildman–Crippen LogP) is 2.13. The fourth-order valence-electron chi connectivity index (χ4n) is 1.24. The lowest BCUT2D eigenvalue weighted by Gasteiger charge is -2.13. The number of aromatic nitrogens is 2. The van der Waals surface area contributed by atoms with E-state index in [1.807, 2.05) is 20.8 Å². The highest BCUT2D eigenvalue weighted by molar-refractivity contribution is 9.10. The molecule has 1 heterocycles. The third-order valence-corrected chi connectivity index (χ3v) is 3.01. The van der Waals surface area contributed by atoms with Gasteiger partial charge in [0.25, 0.3) is 0 Å². The monoisotopic (exact) mass is 261 g/mol. The summed E-state index contributed by atoms with van der Waals surface area (Å²) in [4.78, 5) is 0. The average Bonchev–Trinajstić information content (AvgIpc) is 2.42. The topological polar surface area (TPSA) is 53.1 Å². The highest BCUT2D eigenvalue weighted by atomic mass is 79.9. The Morgan fingerprint density at radius 1 is 1.64 bits per heavy atom. The van der Waals surface area contributed by atoms with Gasteiger partial charge in [0.05, 0.1) is 22.8 Å². The molecule has 5 heteroatoms. The van der Waals surface area contributed by atoms with E-state index in [0.29, 0.717) is 19.0 Å². The van der Waals surface area contributed by atoms with Gasteiger partial charge in [-0.25, -0.2) is 4.68 Å². The van der Waals surface area contributed by atoms with E-state index in [1.165, 1.54) is 0 Å². The first-order chi connectivity index (χ1) is 6.57. The molecule has 0 amide bonds. The largest absolute Gasteiger partial charge is 0.383 e. The molecule has 1 aromatic rings. The molecule has 1 atom stereocenters. The van der Waals surface area contributed by atoms with Crippen LogP contribution >= 0.6 is 15.9 Å². The molecule has 1 aromatic heterocycles. The Hall–Kier alpha value is -0.550. The van der Waals surface area contributed by atoms with Gasteiger partial charge in [-0.05, 0) is 36.7 Å². The van der Waals surface area contributed by atoms with Gasteiger partial charge in [0.2, 0.25) is 0 Å². The van der Waals surface area contributed by atoms with Crippen molar-refractivity contribution in [2.45, 2.75) is 26.8 Å². The minimum atomic E-state index is 0.167. The molecule has 80 valence electrons. The Morgan fingerprint density at radius 2 is 2.29 bits per heavy atom. The Morgan fingerprint density at radius 3 is 2.71 bits per heavy atom. The fourth-order valence-corrected chi connectivity index (χ4v) is 1.50. The van der Waals surface area contributed by atoms with Crippen molar-refractivity contribution in [1.82, 2.24) is 9.78 Å². The van der Waals surface area contributed by atoms with Gasteiger partial charge in [0.15, 0.2) is 0 Å². The van der Waals surface area contributed by atoms with Crippen LogP contribution < -0.4 is 5.73 Å². The number of hydrogen-bond donors (Lipinski definition) is 1. The van der Waals surface area contributed by atoms with Crippen molar-refractivity contribution in [3.8, 4) is 0 Å². The SMILES string of the molecule is CCOCC(C)n1nc(C)c(Br)c1N.